The fourth-order valence-corrected chi connectivity index (χ4v) is 5.24. The second-order valence-electron chi connectivity index (χ2n) is 9.48. The summed E-state index contributed by atoms with van der Waals surface area (Å²) in [6, 6.07) is 14.5. The number of benzene rings is 2. The SMILES string of the molecule is O=C(NC[C@H]1[C@@H](C(=O)NC(C(=O)O)C2CCC2)C1(F)F)OCC1c2ccccc2-c2ccccc21. The molecule has 3 N–H and O–H groups in total. The first kappa shape index (κ1) is 23.3. The monoisotopic (exact) mass is 484 g/mol. The van der Waals surface area contributed by atoms with E-state index in [9.17, 15) is 28.3 Å². The fraction of sp³-hybridized carbons (Fsp3) is 0.423. The van der Waals surface area contributed by atoms with Crippen molar-refractivity contribution in [3.05, 3.63) is 59.7 Å². The number of carboxylic acid groups (broad SMARTS) is 1. The molecule has 3 aliphatic carbocycles. The average molecular weight is 484 g/mol. The number of nitrogens with one attached hydrogen (secondary N) is 2. The summed E-state index contributed by atoms with van der Waals surface area (Å²) >= 11 is 0. The van der Waals surface area contributed by atoms with Crippen LogP contribution in [0.4, 0.5) is 13.6 Å². The molecule has 5 rings (SSSR count). The summed E-state index contributed by atoms with van der Waals surface area (Å²) in [4.78, 5) is 36.1. The van der Waals surface area contributed by atoms with Crippen LogP contribution in [0, 0.1) is 17.8 Å². The van der Waals surface area contributed by atoms with Crippen molar-refractivity contribution in [2.24, 2.45) is 17.8 Å². The molecule has 2 amide bonds. The molecule has 2 aromatic carbocycles. The normalized spacial score (nSPS) is 22.8. The number of alkyl halides is 2. The van der Waals surface area contributed by atoms with Gasteiger partial charge in [0.1, 0.15) is 18.6 Å². The van der Waals surface area contributed by atoms with E-state index in [-0.39, 0.29) is 18.4 Å². The molecule has 1 unspecified atom stereocenters. The number of rotatable bonds is 8. The molecular weight excluding hydrogens is 458 g/mol. The topological polar surface area (TPSA) is 105 Å². The lowest BCUT2D eigenvalue weighted by Crippen LogP contribution is -2.49. The van der Waals surface area contributed by atoms with Crippen molar-refractivity contribution in [1.29, 1.82) is 0 Å². The molecule has 0 saturated heterocycles. The van der Waals surface area contributed by atoms with Gasteiger partial charge in [-0.3, -0.25) is 4.79 Å². The highest BCUT2D eigenvalue weighted by molar-refractivity contribution is 5.88. The zero-order valence-corrected chi connectivity index (χ0v) is 18.9. The molecule has 0 aliphatic heterocycles. The molecule has 0 aromatic heterocycles. The quantitative estimate of drug-likeness (QED) is 0.529. The van der Waals surface area contributed by atoms with Crippen LogP contribution in [-0.4, -0.2) is 48.2 Å². The minimum Gasteiger partial charge on any atom is -0.480 e. The van der Waals surface area contributed by atoms with E-state index in [0.29, 0.717) is 12.8 Å². The number of fused-ring (bicyclic) bond motifs is 3. The van der Waals surface area contributed by atoms with Crippen molar-refractivity contribution in [3.63, 3.8) is 0 Å². The molecule has 3 atom stereocenters. The molecule has 2 saturated carbocycles. The smallest absolute Gasteiger partial charge is 0.407 e. The Morgan fingerprint density at radius 1 is 1.03 bits per heavy atom. The van der Waals surface area contributed by atoms with Gasteiger partial charge in [0.25, 0.3) is 5.92 Å². The van der Waals surface area contributed by atoms with Gasteiger partial charge in [-0.05, 0) is 41.0 Å². The lowest BCUT2D eigenvalue weighted by Gasteiger charge is -2.31. The fourth-order valence-electron chi connectivity index (χ4n) is 5.24. The van der Waals surface area contributed by atoms with Gasteiger partial charge in [0.2, 0.25) is 5.91 Å². The van der Waals surface area contributed by atoms with E-state index >= 15 is 0 Å². The van der Waals surface area contributed by atoms with Gasteiger partial charge >= 0.3 is 12.1 Å². The molecule has 3 aliphatic rings. The van der Waals surface area contributed by atoms with Gasteiger partial charge in [-0.15, -0.1) is 0 Å². The molecule has 184 valence electrons. The molecule has 2 aromatic rings. The zero-order chi connectivity index (χ0) is 24.7. The van der Waals surface area contributed by atoms with Crippen molar-refractivity contribution >= 4 is 18.0 Å². The average Bonchev–Trinajstić information content (AvgIpc) is 3.21. The first-order valence-corrected chi connectivity index (χ1v) is 11.8. The molecule has 0 bridgehead atoms. The molecule has 0 heterocycles. The van der Waals surface area contributed by atoms with Crippen LogP contribution >= 0.6 is 0 Å². The van der Waals surface area contributed by atoms with Crippen molar-refractivity contribution in [2.75, 3.05) is 13.2 Å². The Kier molecular flexibility index (Phi) is 5.94. The van der Waals surface area contributed by atoms with Crippen LogP contribution in [-0.2, 0) is 14.3 Å². The standard InChI is InChI=1S/C26H26F2N2O5/c27-26(28)20(21(26)23(31)30-22(24(32)33)14-6-5-7-14)12-29-25(34)35-13-19-17-10-3-1-8-15(17)16-9-2-4-11-18(16)19/h1-4,8-11,14,19-22H,5-7,12-13H2,(H,29,34)(H,30,31)(H,32,33)/t20-,21-,22?/m0/s1. The molecular formula is C26H26F2N2O5. The van der Waals surface area contributed by atoms with Gasteiger partial charge in [0.15, 0.2) is 0 Å². The van der Waals surface area contributed by atoms with Gasteiger partial charge < -0.3 is 20.5 Å². The van der Waals surface area contributed by atoms with E-state index < -0.39 is 48.3 Å². The van der Waals surface area contributed by atoms with Crippen LogP contribution < -0.4 is 10.6 Å². The molecule has 0 radical (unpaired) electrons. The summed E-state index contributed by atoms with van der Waals surface area (Å²) in [6.07, 6.45) is 1.30. The molecule has 35 heavy (non-hydrogen) atoms. The van der Waals surface area contributed by atoms with E-state index in [1.54, 1.807) is 0 Å². The Labute approximate surface area is 200 Å². The largest absolute Gasteiger partial charge is 0.480 e. The number of hydrogen-bond acceptors (Lipinski definition) is 4. The number of amides is 2. The Morgan fingerprint density at radius 2 is 1.63 bits per heavy atom. The van der Waals surface area contributed by atoms with Crippen molar-refractivity contribution in [3.8, 4) is 11.1 Å². The maximum atomic E-state index is 14.3. The van der Waals surface area contributed by atoms with Gasteiger partial charge in [-0.25, -0.2) is 18.4 Å². The summed E-state index contributed by atoms with van der Waals surface area (Å²) in [6.45, 7) is -0.393. The van der Waals surface area contributed by atoms with Crippen molar-refractivity contribution < 1.29 is 33.0 Å². The summed E-state index contributed by atoms with van der Waals surface area (Å²) in [5, 5.41) is 13.9. The van der Waals surface area contributed by atoms with E-state index in [1.807, 2.05) is 48.5 Å². The van der Waals surface area contributed by atoms with Gasteiger partial charge in [0, 0.05) is 12.5 Å². The van der Waals surface area contributed by atoms with E-state index in [1.165, 1.54) is 0 Å². The van der Waals surface area contributed by atoms with Crippen LogP contribution in [0.25, 0.3) is 11.1 Å². The number of hydrogen-bond donors (Lipinski definition) is 3. The third-order valence-corrected chi connectivity index (χ3v) is 7.48. The second kappa shape index (κ2) is 8.94. The number of alkyl carbamates (subject to hydrolysis) is 1. The number of ether oxygens (including phenoxy) is 1. The Balaban J connectivity index is 1.15. The van der Waals surface area contributed by atoms with Gasteiger partial charge in [0.05, 0.1) is 5.92 Å². The Hall–Kier alpha value is -3.49. The highest BCUT2D eigenvalue weighted by Gasteiger charge is 2.71. The first-order chi connectivity index (χ1) is 16.8. The Morgan fingerprint density at radius 3 is 2.17 bits per heavy atom. The summed E-state index contributed by atoms with van der Waals surface area (Å²) in [7, 11) is 0. The lowest BCUT2D eigenvalue weighted by molar-refractivity contribution is -0.145. The molecule has 0 spiro atoms. The summed E-state index contributed by atoms with van der Waals surface area (Å²) in [5.74, 6) is -9.00. The van der Waals surface area contributed by atoms with Crippen LogP contribution in [0.15, 0.2) is 48.5 Å². The molecule has 7 nitrogen and oxygen atoms in total. The van der Waals surface area contributed by atoms with E-state index in [0.717, 1.165) is 28.7 Å². The molecule has 2 fully saturated rings. The number of carbonyl (C=O) groups is 3. The minimum atomic E-state index is -3.32. The Bertz CT molecular complexity index is 1120. The van der Waals surface area contributed by atoms with E-state index in [4.69, 9.17) is 4.74 Å². The zero-order valence-electron chi connectivity index (χ0n) is 18.9. The van der Waals surface area contributed by atoms with Crippen LogP contribution in [0.3, 0.4) is 0 Å². The predicted molar refractivity (Wildman–Crippen MR) is 122 cm³/mol. The predicted octanol–water partition coefficient (Wildman–Crippen LogP) is 3.78. The third-order valence-electron chi connectivity index (χ3n) is 7.48. The highest BCUT2D eigenvalue weighted by Crippen LogP contribution is 2.55. The van der Waals surface area contributed by atoms with Crippen LogP contribution in [0.1, 0.15) is 36.3 Å². The van der Waals surface area contributed by atoms with E-state index in [2.05, 4.69) is 10.6 Å². The maximum Gasteiger partial charge on any atom is 0.407 e. The molecule has 9 heteroatoms. The van der Waals surface area contributed by atoms with Crippen molar-refractivity contribution in [1.82, 2.24) is 10.6 Å². The third kappa shape index (κ3) is 4.24. The van der Waals surface area contributed by atoms with Crippen molar-refractivity contribution in [2.45, 2.75) is 37.1 Å². The number of halogens is 2. The number of carbonyl (C=O) groups excluding carboxylic acids is 2. The maximum absolute atomic E-state index is 14.3. The minimum absolute atomic E-state index is 0.0481. The van der Waals surface area contributed by atoms with Crippen LogP contribution in [0.5, 0.6) is 0 Å². The number of carboxylic acids is 1. The van der Waals surface area contributed by atoms with Gasteiger partial charge in [-0.1, -0.05) is 55.0 Å². The van der Waals surface area contributed by atoms with Gasteiger partial charge in [-0.2, -0.15) is 0 Å². The first-order valence-electron chi connectivity index (χ1n) is 11.8. The summed E-state index contributed by atoms with van der Waals surface area (Å²) in [5.41, 5.74) is 4.22. The van der Waals surface area contributed by atoms with Crippen LogP contribution in [0.2, 0.25) is 0 Å². The number of aliphatic carboxylic acids is 1. The second-order valence-corrected chi connectivity index (χ2v) is 9.48. The lowest BCUT2D eigenvalue weighted by atomic mass is 9.79. The summed E-state index contributed by atoms with van der Waals surface area (Å²) < 4.78 is 33.9. The highest BCUT2D eigenvalue weighted by atomic mass is 19.3.